The summed E-state index contributed by atoms with van der Waals surface area (Å²) in [6.07, 6.45) is 2.80. The molecule has 12 nitrogen and oxygen atoms in total. The van der Waals surface area contributed by atoms with Crippen molar-refractivity contribution in [2.45, 2.75) is 26.1 Å². The zero-order valence-corrected chi connectivity index (χ0v) is 19.0. The predicted molar refractivity (Wildman–Crippen MR) is 123 cm³/mol. The standard InChI is InChI=1S/C23H23N7O5/c1-12-15(8-30-20(12)22(33)24-11-25-30)23(34)29-7-16-17(9-29)27-28-19(16)21(32)26-18(10-31)13-4-3-5-14(6-13)35-2/h3-6,8,11,18,31H,7,9-10H2,1-2H3,(H,26,32)(H,27,28)(H,24,25,33)/t18-/m1/s1. The third-order valence-electron chi connectivity index (χ3n) is 6.20. The van der Waals surface area contributed by atoms with Crippen LogP contribution in [-0.2, 0) is 13.1 Å². The number of ether oxygens (including phenoxy) is 1. The summed E-state index contributed by atoms with van der Waals surface area (Å²) in [4.78, 5) is 42.5. The van der Waals surface area contributed by atoms with E-state index in [2.05, 4.69) is 25.6 Å². The Morgan fingerprint density at radius 3 is 2.89 bits per heavy atom. The Hall–Kier alpha value is -4.45. The monoisotopic (exact) mass is 477 g/mol. The molecular formula is C23H23N7O5. The van der Waals surface area contributed by atoms with Crippen LogP contribution in [0.4, 0.5) is 0 Å². The highest BCUT2D eigenvalue weighted by Gasteiger charge is 2.33. The second-order valence-electron chi connectivity index (χ2n) is 8.25. The number of nitrogens with zero attached hydrogens (tertiary/aromatic N) is 4. The van der Waals surface area contributed by atoms with E-state index in [0.29, 0.717) is 39.2 Å². The van der Waals surface area contributed by atoms with E-state index in [-0.39, 0.29) is 36.9 Å². The Bertz CT molecular complexity index is 1500. The first kappa shape index (κ1) is 22.3. The first-order valence-electron chi connectivity index (χ1n) is 10.9. The van der Waals surface area contributed by atoms with Gasteiger partial charge in [0.2, 0.25) is 0 Å². The highest BCUT2D eigenvalue weighted by molar-refractivity contribution is 5.99. The van der Waals surface area contributed by atoms with Crippen LogP contribution in [0, 0.1) is 6.92 Å². The molecular weight excluding hydrogens is 454 g/mol. The molecule has 1 atom stereocenters. The van der Waals surface area contributed by atoms with E-state index in [1.807, 2.05) is 0 Å². The number of aliphatic hydroxyl groups is 1. The Labute approximate surface area is 198 Å². The van der Waals surface area contributed by atoms with Crippen LogP contribution in [0.3, 0.4) is 0 Å². The molecule has 2 amide bonds. The molecule has 5 rings (SSSR count). The third kappa shape index (κ3) is 3.83. The van der Waals surface area contributed by atoms with Gasteiger partial charge in [-0.15, -0.1) is 0 Å². The van der Waals surface area contributed by atoms with Crippen LogP contribution in [0.5, 0.6) is 5.75 Å². The minimum absolute atomic E-state index is 0.161. The molecule has 1 aliphatic rings. The molecule has 1 aliphatic heterocycles. The van der Waals surface area contributed by atoms with Gasteiger partial charge in [0.15, 0.2) is 5.69 Å². The predicted octanol–water partition coefficient (Wildman–Crippen LogP) is 0.682. The van der Waals surface area contributed by atoms with Gasteiger partial charge < -0.3 is 25.0 Å². The lowest BCUT2D eigenvalue weighted by Gasteiger charge is -2.18. The number of methoxy groups -OCH3 is 1. The molecule has 0 bridgehead atoms. The largest absolute Gasteiger partial charge is 0.497 e. The minimum Gasteiger partial charge on any atom is -0.497 e. The molecule has 3 aromatic heterocycles. The van der Waals surface area contributed by atoms with Crippen molar-refractivity contribution in [1.82, 2.24) is 35.0 Å². The van der Waals surface area contributed by atoms with Gasteiger partial charge in [-0.2, -0.15) is 10.2 Å². The summed E-state index contributed by atoms with van der Waals surface area (Å²) in [6, 6.07) is 6.40. The van der Waals surface area contributed by atoms with Gasteiger partial charge in [-0.3, -0.25) is 19.5 Å². The summed E-state index contributed by atoms with van der Waals surface area (Å²) < 4.78 is 6.60. The highest BCUT2D eigenvalue weighted by Crippen LogP contribution is 2.27. The number of nitrogens with one attached hydrogen (secondary N) is 3. The number of amides is 2. The maximum Gasteiger partial charge on any atom is 0.275 e. The maximum absolute atomic E-state index is 13.3. The van der Waals surface area contributed by atoms with Gasteiger partial charge in [-0.25, -0.2) is 4.52 Å². The number of hydrogen-bond acceptors (Lipinski definition) is 7. The Kier molecular flexibility index (Phi) is 5.57. The van der Waals surface area contributed by atoms with Gasteiger partial charge in [-0.05, 0) is 30.2 Å². The number of aromatic amines is 2. The van der Waals surface area contributed by atoms with E-state index >= 15 is 0 Å². The zero-order valence-electron chi connectivity index (χ0n) is 19.0. The lowest BCUT2D eigenvalue weighted by atomic mass is 10.1. The molecule has 180 valence electrons. The summed E-state index contributed by atoms with van der Waals surface area (Å²) in [7, 11) is 1.54. The fourth-order valence-corrected chi connectivity index (χ4v) is 4.34. The molecule has 12 heteroatoms. The van der Waals surface area contributed by atoms with Gasteiger partial charge in [0.25, 0.3) is 17.4 Å². The van der Waals surface area contributed by atoms with Gasteiger partial charge in [0.1, 0.15) is 17.6 Å². The van der Waals surface area contributed by atoms with Crippen LogP contribution < -0.4 is 15.6 Å². The molecule has 0 radical (unpaired) electrons. The Morgan fingerprint density at radius 2 is 2.14 bits per heavy atom. The second kappa shape index (κ2) is 8.72. The summed E-state index contributed by atoms with van der Waals surface area (Å²) >= 11 is 0. The van der Waals surface area contributed by atoms with Crippen LogP contribution in [0.25, 0.3) is 5.52 Å². The third-order valence-corrected chi connectivity index (χ3v) is 6.20. The molecule has 0 saturated carbocycles. The summed E-state index contributed by atoms with van der Waals surface area (Å²) in [6.45, 7) is 1.79. The number of aliphatic hydroxyl groups excluding tert-OH is 1. The number of aryl methyl sites for hydroxylation is 1. The average molecular weight is 477 g/mol. The molecule has 0 unspecified atom stereocenters. The lowest BCUT2D eigenvalue weighted by molar-refractivity contribution is 0.0746. The number of H-pyrrole nitrogens is 2. The number of carbonyl (C=O) groups is 2. The molecule has 4 N–H and O–H groups in total. The van der Waals surface area contributed by atoms with Crippen molar-refractivity contribution < 1.29 is 19.4 Å². The second-order valence-corrected chi connectivity index (χ2v) is 8.25. The molecule has 0 spiro atoms. The molecule has 1 aromatic carbocycles. The molecule has 35 heavy (non-hydrogen) atoms. The summed E-state index contributed by atoms with van der Waals surface area (Å²) in [5.74, 6) is -0.149. The van der Waals surface area contributed by atoms with Crippen molar-refractivity contribution in [2.75, 3.05) is 13.7 Å². The fraction of sp³-hybridized carbons (Fsp3) is 0.261. The summed E-state index contributed by atoms with van der Waals surface area (Å²) in [5.41, 5.74) is 2.97. The summed E-state index contributed by atoms with van der Waals surface area (Å²) in [5, 5.41) is 23.7. The molecule has 4 heterocycles. The van der Waals surface area contributed by atoms with Crippen molar-refractivity contribution in [3.05, 3.63) is 80.8 Å². The van der Waals surface area contributed by atoms with Gasteiger partial charge in [0, 0.05) is 11.8 Å². The van der Waals surface area contributed by atoms with Crippen LogP contribution in [0.2, 0.25) is 0 Å². The van der Waals surface area contributed by atoms with E-state index in [9.17, 15) is 19.5 Å². The van der Waals surface area contributed by atoms with Gasteiger partial charge in [-0.1, -0.05) is 12.1 Å². The van der Waals surface area contributed by atoms with Gasteiger partial charge >= 0.3 is 0 Å². The fourth-order valence-electron chi connectivity index (χ4n) is 4.34. The lowest BCUT2D eigenvalue weighted by Crippen LogP contribution is -2.32. The van der Waals surface area contributed by atoms with Crippen molar-refractivity contribution in [3.8, 4) is 5.75 Å². The van der Waals surface area contributed by atoms with Crippen molar-refractivity contribution in [1.29, 1.82) is 0 Å². The first-order chi connectivity index (χ1) is 16.9. The minimum atomic E-state index is -0.661. The maximum atomic E-state index is 13.3. The molecule has 0 fully saturated rings. The van der Waals surface area contributed by atoms with Crippen molar-refractivity contribution >= 4 is 17.3 Å². The Balaban J connectivity index is 1.35. The van der Waals surface area contributed by atoms with Crippen LogP contribution in [-0.4, -0.2) is 60.3 Å². The van der Waals surface area contributed by atoms with E-state index < -0.39 is 11.9 Å². The van der Waals surface area contributed by atoms with E-state index in [1.54, 1.807) is 43.2 Å². The number of aromatic nitrogens is 5. The number of fused-ring (bicyclic) bond motifs is 2. The molecule has 0 saturated heterocycles. The van der Waals surface area contributed by atoms with E-state index in [1.165, 1.54) is 17.0 Å². The molecule has 4 aromatic rings. The van der Waals surface area contributed by atoms with Crippen LogP contribution in [0.15, 0.2) is 41.6 Å². The average Bonchev–Trinajstić information content (AvgIpc) is 3.55. The first-order valence-corrected chi connectivity index (χ1v) is 10.9. The zero-order chi connectivity index (χ0) is 24.7. The van der Waals surface area contributed by atoms with E-state index in [4.69, 9.17) is 4.74 Å². The normalized spacial score (nSPS) is 13.6. The highest BCUT2D eigenvalue weighted by atomic mass is 16.5. The van der Waals surface area contributed by atoms with Gasteiger partial charge in [0.05, 0.1) is 44.1 Å². The number of carbonyl (C=O) groups excluding carboxylic acids is 2. The topological polar surface area (TPSA) is 158 Å². The van der Waals surface area contributed by atoms with Crippen molar-refractivity contribution in [2.24, 2.45) is 0 Å². The number of benzene rings is 1. The quantitative estimate of drug-likeness (QED) is 0.318. The smallest absolute Gasteiger partial charge is 0.275 e. The van der Waals surface area contributed by atoms with Crippen LogP contribution in [0.1, 0.15) is 49.3 Å². The SMILES string of the molecule is COc1cccc([C@@H](CO)NC(=O)c2n[nH]c3c2CN(C(=O)c2cn4nc[nH]c(=O)c4c2C)C3)c1. The van der Waals surface area contributed by atoms with Crippen LogP contribution >= 0.6 is 0 Å². The Morgan fingerprint density at radius 1 is 1.31 bits per heavy atom. The van der Waals surface area contributed by atoms with E-state index in [0.717, 1.165) is 0 Å². The van der Waals surface area contributed by atoms with Crippen molar-refractivity contribution in [3.63, 3.8) is 0 Å². The molecule has 0 aliphatic carbocycles. The number of hydrogen-bond donors (Lipinski definition) is 4. The number of rotatable bonds is 6.